The fraction of sp³-hybridized carbons (Fsp3) is 0.500. The Morgan fingerprint density at radius 1 is 1.27 bits per heavy atom. The molecule has 0 bridgehead atoms. The fourth-order valence-corrected chi connectivity index (χ4v) is 2.11. The molecule has 0 aromatic heterocycles. The normalized spacial score (nSPS) is 12.4. The van der Waals surface area contributed by atoms with Crippen LogP contribution in [0.15, 0.2) is 24.3 Å². The van der Waals surface area contributed by atoms with Gasteiger partial charge in [0, 0.05) is 18.0 Å². The highest BCUT2D eigenvalue weighted by Gasteiger charge is 2.16. The quantitative estimate of drug-likeness (QED) is 0.871. The monoisotopic (exact) mass is 326 g/mol. The van der Waals surface area contributed by atoms with Gasteiger partial charge >= 0.3 is 6.09 Å². The average molecular weight is 327 g/mol. The first-order valence-corrected chi connectivity index (χ1v) is 7.57. The molecule has 1 aromatic carbocycles. The van der Waals surface area contributed by atoms with Gasteiger partial charge in [-0.05, 0) is 39.3 Å². The lowest BCUT2D eigenvalue weighted by Gasteiger charge is -2.20. The summed E-state index contributed by atoms with van der Waals surface area (Å²) >= 11 is 6.09. The first kappa shape index (κ1) is 18.3. The van der Waals surface area contributed by atoms with Crippen LogP contribution < -0.4 is 10.6 Å². The van der Waals surface area contributed by atoms with E-state index in [9.17, 15) is 9.59 Å². The maximum atomic E-state index is 11.9. The minimum atomic E-state index is -0.551. The zero-order chi connectivity index (χ0) is 16.8. The van der Waals surface area contributed by atoms with Gasteiger partial charge in [0.05, 0.1) is 6.04 Å². The molecule has 0 fully saturated rings. The number of nitrogens with one attached hydrogen (secondary N) is 2. The van der Waals surface area contributed by atoms with Crippen LogP contribution in [0, 0.1) is 0 Å². The van der Waals surface area contributed by atoms with Gasteiger partial charge in [-0.15, -0.1) is 0 Å². The molecule has 1 aromatic rings. The molecule has 1 atom stereocenters. The molecule has 122 valence electrons. The lowest BCUT2D eigenvalue weighted by atomic mass is 10.1. The number of carbonyl (C=O) groups excluding carboxylic acids is 2. The van der Waals surface area contributed by atoms with Crippen LogP contribution in [0.3, 0.4) is 0 Å². The van der Waals surface area contributed by atoms with Crippen LogP contribution in [0.4, 0.5) is 4.79 Å². The number of hydrogen-bond donors (Lipinski definition) is 2. The number of rotatable bonds is 5. The van der Waals surface area contributed by atoms with Gasteiger partial charge in [-0.2, -0.15) is 0 Å². The maximum Gasteiger partial charge on any atom is 0.407 e. The highest BCUT2D eigenvalue weighted by molar-refractivity contribution is 6.31. The average Bonchev–Trinajstić information content (AvgIpc) is 2.36. The summed E-state index contributed by atoms with van der Waals surface area (Å²) in [5, 5.41) is 6.00. The van der Waals surface area contributed by atoms with Crippen molar-refractivity contribution in [3.63, 3.8) is 0 Å². The van der Waals surface area contributed by atoms with Gasteiger partial charge in [0.15, 0.2) is 0 Å². The van der Waals surface area contributed by atoms with Gasteiger partial charge in [-0.1, -0.05) is 29.8 Å². The van der Waals surface area contributed by atoms with E-state index in [1.54, 1.807) is 26.8 Å². The molecular formula is C16H23ClN2O3. The molecule has 0 aliphatic rings. The van der Waals surface area contributed by atoms with Crippen LogP contribution in [0.2, 0.25) is 5.02 Å². The van der Waals surface area contributed by atoms with Crippen LogP contribution in [0.5, 0.6) is 0 Å². The van der Waals surface area contributed by atoms with Gasteiger partial charge in [0.25, 0.3) is 0 Å². The van der Waals surface area contributed by atoms with Gasteiger partial charge in [-0.25, -0.2) is 4.79 Å². The topological polar surface area (TPSA) is 67.4 Å². The predicted octanol–water partition coefficient (Wildman–Crippen LogP) is 3.43. The molecule has 0 radical (unpaired) electrons. The van der Waals surface area contributed by atoms with Crippen molar-refractivity contribution < 1.29 is 14.3 Å². The molecule has 2 N–H and O–H groups in total. The summed E-state index contributed by atoms with van der Waals surface area (Å²) in [7, 11) is 0. The number of hydrogen-bond acceptors (Lipinski definition) is 3. The Balaban J connectivity index is 2.35. The van der Waals surface area contributed by atoms with Crippen molar-refractivity contribution in [1.82, 2.24) is 10.6 Å². The van der Waals surface area contributed by atoms with E-state index >= 15 is 0 Å². The molecule has 6 heteroatoms. The van der Waals surface area contributed by atoms with Crippen LogP contribution in [0.25, 0.3) is 0 Å². The van der Waals surface area contributed by atoms with Crippen molar-refractivity contribution in [3.8, 4) is 0 Å². The van der Waals surface area contributed by atoms with E-state index in [2.05, 4.69) is 10.6 Å². The van der Waals surface area contributed by atoms with Crippen LogP contribution in [-0.2, 0) is 9.53 Å². The SMILES string of the molecule is C[C@@H](NC(=O)CCNC(=O)OC(C)(C)C)c1ccccc1Cl. The van der Waals surface area contributed by atoms with Crippen molar-refractivity contribution in [2.75, 3.05) is 6.54 Å². The molecule has 22 heavy (non-hydrogen) atoms. The highest BCUT2D eigenvalue weighted by Crippen LogP contribution is 2.21. The van der Waals surface area contributed by atoms with E-state index in [4.69, 9.17) is 16.3 Å². The van der Waals surface area contributed by atoms with Gasteiger partial charge < -0.3 is 15.4 Å². The van der Waals surface area contributed by atoms with Crippen molar-refractivity contribution in [2.45, 2.75) is 45.8 Å². The summed E-state index contributed by atoms with van der Waals surface area (Å²) in [5.74, 6) is -0.163. The van der Waals surface area contributed by atoms with Crippen molar-refractivity contribution in [1.29, 1.82) is 0 Å². The summed E-state index contributed by atoms with van der Waals surface area (Å²) in [6, 6.07) is 7.16. The first-order valence-electron chi connectivity index (χ1n) is 7.19. The van der Waals surface area contributed by atoms with Crippen LogP contribution in [-0.4, -0.2) is 24.1 Å². The summed E-state index contributed by atoms with van der Waals surface area (Å²) in [5.41, 5.74) is 0.308. The summed E-state index contributed by atoms with van der Waals surface area (Å²) < 4.78 is 5.09. The Morgan fingerprint density at radius 3 is 2.50 bits per heavy atom. The number of alkyl carbamates (subject to hydrolysis) is 1. The standard InChI is InChI=1S/C16H23ClN2O3/c1-11(12-7-5-6-8-13(12)17)19-14(20)9-10-18-15(21)22-16(2,3)4/h5-8,11H,9-10H2,1-4H3,(H,18,21)(H,19,20)/t11-/m1/s1. The zero-order valence-corrected chi connectivity index (χ0v) is 14.2. The Morgan fingerprint density at radius 2 is 1.91 bits per heavy atom. The van der Waals surface area contributed by atoms with Gasteiger partial charge in [0.2, 0.25) is 5.91 Å². The zero-order valence-electron chi connectivity index (χ0n) is 13.4. The molecule has 0 spiro atoms. The number of ether oxygens (including phenoxy) is 1. The molecule has 0 saturated carbocycles. The summed E-state index contributed by atoms with van der Waals surface area (Å²) in [6.07, 6.45) is -0.354. The lowest BCUT2D eigenvalue weighted by molar-refractivity contribution is -0.121. The maximum absolute atomic E-state index is 11.9. The molecule has 0 saturated heterocycles. The molecular weight excluding hydrogens is 304 g/mol. The number of carbonyl (C=O) groups is 2. The Hall–Kier alpha value is -1.75. The Bertz CT molecular complexity index is 526. The number of benzene rings is 1. The molecule has 0 unspecified atom stereocenters. The van der Waals surface area contributed by atoms with Crippen LogP contribution in [0.1, 0.15) is 45.7 Å². The minimum absolute atomic E-state index is 0.163. The molecule has 5 nitrogen and oxygen atoms in total. The molecule has 0 aliphatic carbocycles. The number of amides is 2. The van der Waals surface area contributed by atoms with E-state index in [-0.39, 0.29) is 24.9 Å². The second kappa shape index (κ2) is 8.03. The van der Waals surface area contributed by atoms with Gasteiger partial charge in [-0.3, -0.25) is 4.79 Å². The third kappa shape index (κ3) is 6.80. The van der Waals surface area contributed by atoms with E-state index in [0.29, 0.717) is 5.02 Å². The second-order valence-corrected chi connectivity index (χ2v) is 6.40. The minimum Gasteiger partial charge on any atom is -0.444 e. The highest BCUT2D eigenvalue weighted by atomic mass is 35.5. The van der Waals surface area contributed by atoms with Crippen molar-refractivity contribution in [3.05, 3.63) is 34.9 Å². The van der Waals surface area contributed by atoms with Crippen LogP contribution >= 0.6 is 11.6 Å². The first-order chi connectivity index (χ1) is 10.2. The third-order valence-corrected chi connectivity index (χ3v) is 3.11. The van der Waals surface area contributed by atoms with E-state index in [0.717, 1.165) is 5.56 Å². The molecule has 0 heterocycles. The van der Waals surface area contributed by atoms with Crippen molar-refractivity contribution in [2.24, 2.45) is 0 Å². The molecule has 1 rings (SSSR count). The Labute approximate surface area is 136 Å². The van der Waals surface area contributed by atoms with E-state index < -0.39 is 11.7 Å². The summed E-state index contributed by atoms with van der Waals surface area (Å²) in [4.78, 5) is 23.3. The smallest absolute Gasteiger partial charge is 0.407 e. The largest absolute Gasteiger partial charge is 0.444 e. The number of halogens is 1. The molecule has 2 amide bonds. The predicted molar refractivity (Wildman–Crippen MR) is 86.9 cm³/mol. The third-order valence-electron chi connectivity index (χ3n) is 2.77. The molecule has 0 aliphatic heterocycles. The lowest BCUT2D eigenvalue weighted by Crippen LogP contribution is -2.35. The van der Waals surface area contributed by atoms with Crippen molar-refractivity contribution >= 4 is 23.6 Å². The Kier molecular flexibility index (Phi) is 6.68. The van der Waals surface area contributed by atoms with Gasteiger partial charge in [0.1, 0.15) is 5.60 Å². The van der Waals surface area contributed by atoms with E-state index in [1.165, 1.54) is 0 Å². The fourth-order valence-electron chi connectivity index (χ4n) is 1.81. The van der Waals surface area contributed by atoms with E-state index in [1.807, 2.05) is 25.1 Å². The second-order valence-electron chi connectivity index (χ2n) is 5.99. The summed E-state index contributed by atoms with van der Waals surface area (Å²) in [6.45, 7) is 7.43.